The van der Waals surface area contributed by atoms with Gasteiger partial charge in [-0.05, 0) is 57.9 Å². The van der Waals surface area contributed by atoms with Gasteiger partial charge in [0.15, 0.2) is 0 Å². The van der Waals surface area contributed by atoms with E-state index in [1.807, 2.05) is 25.2 Å². The van der Waals surface area contributed by atoms with Crippen molar-refractivity contribution in [1.29, 1.82) is 0 Å². The summed E-state index contributed by atoms with van der Waals surface area (Å²) < 4.78 is 21.0. The molecular formula is C23H24FN5OS. The standard InChI is InChI=1S/C23H24FN5OS/c1-29-23(26-27-28-29)31-14-4-13-25-15-21-20-6-3-2-5-18(20)9-12-22(21)30-16-17-7-10-19(24)11-8-17/h2-3,5-12,25H,4,13-16H2,1H3. The molecule has 8 heteroatoms. The monoisotopic (exact) mass is 437 g/mol. The van der Waals surface area contributed by atoms with E-state index in [2.05, 4.69) is 39.0 Å². The van der Waals surface area contributed by atoms with Gasteiger partial charge >= 0.3 is 0 Å². The molecule has 4 rings (SSSR count). The van der Waals surface area contributed by atoms with Gasteiger partial charge in [0.25, 0.3) is 0 Å². The van der Waals surface area contributed by atoms with E-state index in [-0.39, 0.29) is 5.82 Å². The smallest absolute Gasteiger partial charge is 0.209 e. The van der Waals surface area contributed by atoms with Crippen molar-refractivity contribution in [2.24, 2.45) is 7.05 Å². The molecule has 0 saturated carbocycles. The van der Waals surface area contributed by atoms with Gasteiger partial charge in [0.05, 0.1) is 0 Å². The Balaban J connectivity index is 1.38. The van der Waals surface area contributed by atoms with Crippen molar-refractivity contribution < 1.29 is 9.13 Å². The molecule has 0 atom stereocenters. The number of nitrogens with zero attached hydrogens (tertiary/aromatic N) is 4. The Kier molecular flexibility index (Phi) is 7.11. The highest BCUT2D eigenvalue weighted by Gasteiger charge is 2.09. The molecule has 0 amide bonds. The molecule has 0 fully saturated rings. The van der Waals surface area contributed by atoms with Crippen molar-refractivity contribution in [1.82, 2.24) is 25.5 Å². The highest BCUT2D eigenvalue weighted by atomic mass is 32.2. The first-order chi connectivity index (χ1) is 15.2. The maximum Gasteiger partial charge on any atom is 0.209 e. The second-order valence-electron chi connectivity index (χ2n) is 7.14. The Labute approximate surface area is 184 Å². The number of aromatic nitrogens is 4. The first kappa shape index (κ1) is 21.3. The van der Waals surface area contributed by atoms with Crippen molar-refractivity contribution in [3.05, 3.63) is 77.6 Å². The van der Waals surface area contributed by atoms with Crippen LogP contribution >= 0.6 is 11.8 Å². The van der Waals surface area contributed by atoms with Crippen LogP contribution in [0.2, 0.25) is 0 Å². The van der Waals surface area contributed by atoms with Gasteiger partial charge in [-0.25, -0.2) is 9.07 Å². The lowest BCUT2D eigenvalue weighted by Gasteiger charge is -2.15. The molecule has 1 N–H and O–H groups in total. The van der Waals surface area contributed by atoms with Gasteiger partial charge in [0, 0.05) is 24.9 Å². The largest absolute Gasteiger partial charge is 0.489 e. The number of aryl methyl sites for hydroxylation is 1. The summed E-state index contributed by atoms with van der Waals surface area (Å²) in [5.41, 5.74) is 2.06. The van der Waals surface area contributed by atoms with E-state index >= 15 is 0 Å². The second-order valence-corrected chi connectivity index (χ2v) is 8.20. The van der Waals surface area contributed by atoms with Crippen molar-refractivity contribution in [3.8, 4) is 5.75 Å². The Morgan fingerprint density at radius 2 is 1.90 bits per heavy atom. The number of fused-ring (bicyclic) bond motifs is 1. The zero-order valence-electron chi connectivity index (χ0n) is 17.3. The molecule has 31 heavy (non-hydrogen) atoms. The average Bonchev–Trinajstić information content (AvgIpc) is 3.20. The topological polar surface area (TPSA) is 64.9 Å². The van der Waals surface area contributed by atoms with Gasteiger partial charge in [-0.1, -0.05) is 54.2 Å². The Bertz CT molecular complexity index is 1130. The van der Waals surface area contributed by atoms with E-state index in [1.54, 1.807) is 28.6 Å². The van der Waals surface area contributed by atoms with Crippen molar-refractivity contribution in [2.75, 3.05) is 12.3 Å². The summed E-state index contributed by atoms with van der Waals surface area (Å²) in [5, 5.41) is 18.2. The SMILES string of the molecule is Cn1nnnc1SCCCNCc1c(OCc2ccc(F)cc2)ccc2ccccc12. The van der Waals surface area contributed by atoms with Crippen LogP contribution in [0.3, 0.4) is 0 Å². The van der Waals surface area contributed by atoms with E-state index in [1.165, 1.54) is 22.9 Å². The van der Waals surface area contributed by atoms with Crippen LogP contribution in [-0.4, -0.2) is 32.5 Å². The minimum atomic E-state index is -0.243. The molecule has 0 aliphatic rings. The van der Waals surface area contributed by atoms with Crippen LogP contribution in [0.15, 0.2) is 65.8 Å². The first-order valence-corrected chi connectivity index (χ1v) is 11.1. The lowest BCUT2D eigenvalue weighted by atomic mass is 10.0. The number of halogens is 1. The molecular weight excluding hydrogens is 413 g/mol. The molecule has 0 bridgehead atoms. The third-order valence-electron chi connectivity index (χ3n) is 4.92. The number of rotatable bonds is 10. The minimum absolute atomic E-state index is 0.243. The van der Waals surface area contributed by atoms with Gasteiger partial charge < -0.3 is 10.1 Å². The van der Waals surface area contributed by atoms with Gasteiger partial charge in [0.1, 0.15) is 18.2 Å². The summed E-state index contributed by atoms with van der Waals surface area (Å²) in [5.74, 6) is 1.54. The fourth-order valence-corrected chi connectivity index (χ4v) is 4.08. The molecule has 160 valence electrons. The van der Waals surface area contributed by atoms with Crippen LogP contribution in [-0.2, 0) is 20.2 Å². The van der Waals surface area contributed by atoms with E-state index in [0.29, 0.717) is 13.2 Å². The van der Waals surface area contributed by atoms with Gasteiger partial charge in [0.2, 0.25) is 5.16 Å². The third kappa shape index (κ3) is 5.59. The van der Waals surface area contributed by atoms with E-state index in [4.69, 9.17) is 4.74 Å². The number of thioether (sulfide) groups is 1. The second kappa shape index (κ2) is 10.4. The van der Waals surface area contributed by atoms with Crippen molar-refractivity contribution >= 4 is 22.5 Å². The lowest BCUT2D eigenvalue weighted by molar-refractivity contribution is 0.302. The Morgan fingerprint density at radius 3 is 2.71 bits per heavy atom. The molecule has 0 unspecified atom stereocenters. The van der Waals surface area contributed by atoms with Gasteiger partial charge in [-0.15, -0.1) is 5.10 Å². The average molecular weight is 438 g/mol. The van der Waals surface area contributed by atoms with Crippen LogP contribution in [0.25, 0.3) is 10.8 Å². The Hall–Kier alpha value is -2.97. The normalized spacial score (nSPS) is 11.2. The molecule has 0 spiro atoms. The van der Waals surface area contributed by atoms with Gasteiger partial charge in [-0.3, -0.25) is 0 Å². The number of hydrogen-bond acceptors (Lipinski definition) is 6. The highest BCUT2D eigenvalue weighted by molar-refractivity contribution is 7.99. The number of benzene rings is 3. The third-order valence-corrected chi connectivity index (χ3v) is 6.01. The molecule has 3 aromatic carbocycles. The van der Waals surface area contributed by atoms with Crippen LogP contribution < -0.4 is 10.1 Å². The quantitative estimate of drug-likeness (QED) is 0.294. The van der Waals surface area contributed by atoms with Crippen molar-refractivity contribution in [3.63, 3.8) is 0 Å². The number of nitrogens with one attached hydrogen (secondary N) is 1. The minimum Gasteiger partial charge on any atom is -0.489 e. The number of hydrogen-bond donors (Lipinski definition) is 1. The van der Waals surface area contributed by atoms with Crippen molar-refractivity contribution in [2.45, 2.75) is 24.7 Å². The molecule has 6 nitrogen and oxygen atoms in total. The summed E-state index contributed by atoms with van der Waals surface area (Å²) in [6.45, 7) is 1.98. The first-order valence-electron chi connectivity index (χ1n) is 10.1. The van der Waals surface area contributed by atoms with Gasteiger partial charge in [-0.2, -0.15) is 0 Å². The predicted octanol–water partition coefficient (Wildman–Crippen LogP) is 4.35. The molecule has 0 saturated heterocycles. The summed E-state index contributed by atoms with van der Waals surface area (Å²) >= 11 is 1.65. The number of ether oxygens (including phenoxy) is 1. The zero-order chi connectivity index (χ0) is 21.5. The zero-order valence-corrected chi connectivity index (χ0v) is 18.1. The predicted molar refractivity (Wildman–Crippen MR) is 121 cm³/mol. The fourth-order valence-electron chi connectivity index (χ4n) is 3.29. The molecule has 1 aromatic heterocycles. The van der Waals surface area contributed by atoms with E-state index < -0.39 is 0 Å². The Morgan fingerprint density at radius 1 is 1.06 bits per heavy atom. The number of tetrazole rings is 1. The summed E-state index contributed by atoms with van der Waals surface area (Å²) in [4.78, 5) is 0. The maximum absolute atomic E-state index is 13.2. The molecule has 0 aliphatic carbocycles. The molecule has 0 radical (unpaired) electrons. The lowest BCUT2D eigenvalue weighted by Crippen LogP contribution is -2.16. The summed E-state index contributed by atoms with van der Waals surface area (Å²) in [6.07, 6.45) is 0.994. The van der Waals surface area contributed by atoms with E-state index in [9.17, 15) is 4.39 Å². The van der Waals surface area contributed by atoms with Crippen LogP contribution in [0.5, 0.6) is 5.75 Å². The molecule has 4 aromatic rings. The highest BCUT2D eigenvalue weighted by Crippen LogP contribution is 2.29. The van der Waals surface area contributed by atoms with E-state index in [0.717, 1.165) is 40.8 Å². The van der Waals surface area contributed by atoms with Crippen LogP contribution in [0, 0.1) is 5.82 Å². The summed E-state index contributed by atoms with van der Waals surface area (Å²) in [6, 6.07) is 18.8. The van der Waals surface area contributed by atoms with Crippen LogP contribution in [0.1, 0.15) is 17.5 Å². The fraction of sp³-hybridized carbons (Fsp3) is 0.261. The summed E-state index contributed by atoms with van der Waals surface area (Å²) in [7, 11) is 1.84. The molecule has 0 aliphatic heterocycles. The van der Waals surface area contributed by atoms with Crippen LogP contribution in [0.4, 0.5) is 4.39 Å². The maximum atomic E-state index is 13.2. The molecule has 1 heterocycles.